The van der Waals surface area contributed by atoms with E-state index in [1.807, 2.05) is 4.98 Å². The zero-order valence-electron chi connectivity index (χ0n) is 10.8. The van der Waals surface area contributed by atoms with Gasteiger partial charge in [0.25, 0.3) is 10.7 Å². The minimum Gasteiger partial charge on any atom is -0.455 e. The Morgan fingerprint density at radius 2 is 2.33 bits per heavy atom. The number of halogens is 2. The number of alkyl halides is 2. The summed E-state index contributed by atoms with van der Waals surface area (Å²) in [5, 5.41) is 6.38. The molecular formula is C11H12ClFN2O6. The average Bonchev–Trinajstić information content (AvgIpc) is 2.61. The van der Waals surface area contributed by atoms with Crippen molar-refractivity contribution in [2.24, 2.45) is 0 Å². The minimum atomic E-state index is -2.79. The molecule has 0 aromatic carbocycles. The first-order chi connectivity index (χ1) is 9.77. The molecule has 2 heterocycles. The smallest absolute Gasteiger partial charge is 0.330 e. The van der Waals surface area contributed by atoms with Gasteiger partial charge in [-0.2, -0.15) is 0 Å². The Kier molecular flexibility index (Phi) is 4.17. The number of H-pyrrole nitrogens is 1. The monoisotopic (exact) mass is 322 g/mol. The fraction of sp³-hybridized carbons (Fsp3) is 0.545. The first kappa shape index (κ1) is 15.7. The normalized spacial score (nSPS) is 32.1. The number of aromatic amines is 1. The van der Waals surface area contributed by atoms with E-state index in [4.69, 9.17) is 21.1 Å². The van der Waals surface area contributed by atoms with Crippen LogP contribution in [0.25, 0.3) is 0 Å². The van der Waals surface area contributed by atoms with E-state index in [1.165, 1.54) is 0 Å². The summed E-state index contributed by atoms with van der Waals surface area (Å²) in [6, 6.07) is 0.977. The van der Waals surface area contributed by atoms with Gasteiger partial charge in [0, 0.05) is 19.2 Å². The predicted molar refractivity (Wildman–Crippen MR) is 67.6 cm³/mol. The van der Waals surface area contributed by atoms with E-state index in [1.54, 1.807) is 0 Å². The summed E-state index contributed by atoms with van der Waals surface area (Å²) in [5.74, 6) is -0.820. The van der Waals surface area contributed by atoms with Gasteiger partial charge in [-0.1, -0.05) is 11.6 Å². The highest BCUT2D eigenvalue weighted by molar-refractivity contribution is 6.23. The van der Waals surface area contributed by atoms with Crippen LogP contribution in [0.15, 0.2) is 21.9 Å². The number of hydrogen-bond acceptors (Lipinski definition) is 6. The molecule has 1 aliphatic rings. The minimum absolute atomic E-state index is 0.676. The largest absolute Gasteiger partial charge is 0.455 e. The third-order valence-electron chi connectivity index (χ3n) is 2.93. The first-order valence-corrected chi connectivity index (χ1v) is 6.28. The Bertz CT molecular complexity index is 657. The van der Waals surface area contributed by atoms with Crippen LogP contribution in [-0.2, 0) is 14.3 Å². The first-order valence-electron chi connectivity index (χ1n) is 5.90. The lowest BCUT2D eigenvalue weighted by molar-refractivity contribution is -0.153. The zero-order chi connectivity index (χ0) is 15.8. The van der Waals surface area contributed by atoms with Crippen LogP contribution < -0.4 is 11.2 Å². The standard InChI is InChI=1S/C11H12ClFN2O6/c1-5(17)20-8-6(4-16)21-9(11(8,12)13)15-3-2-7(18)14-10(15)19/h2-3,6,8-9,16H,4H2,1H3,(H,14,18,19). The predicted octanol–water partition coefficient (Wildman–Crippen LogP) is -0.737. The molecule has 1 aliphatic heterocycles. The number of ether oxygens (including phenoxy) is 2. The van der Waals surface area contributed by atoms with Crippen LogP contribution in [-0.4, -0.2) is 44.6 Å². The van der Waals surface area contributed by atoms with Gasteiger partial charge < -0.3 is 14.6 Å². The zero-order valence-corrected chi connectivity index (χ0v) is 11.5. The van der Waals surface area contributed by atoms with Crippen molar-refractivity contribution in [2.45, 2.75) is 30.5 Å². The van der Waals surface area contributed by atoms with Gasteiger partial charge in [-0.25, -0.2) is 9.18 Å². The Balaban J connectivity index is 2.43. The van der Waals surface area contributed by atoms with Gasteiger partial charge in [-0.3, -0.25) is 19.1 Å². The quantitative estimate of drug-likeness (QED) is 0.560. The van der Waals surface area contributed by atoms with E-state index in [0.717, 1.165) is 19.2 Å². The molecule has 2 N–H and O–H groups in total. The number of hydrogen-bond donors (Lipinski definition) is 2. The summed E-state index contributed by atoms with van der Waals surface area (Å²) in [6.07, 6.45) is -3.54. The molecule has 0 radical (unpaired) electrons. The van der Waals surface area contributed by atoms with Crippen LogP contribution >= 0.6 is 11.6 Å². The van der Waals surface area contributed by atoms with Crippen molar-refractivity contribution in [3.8, 4) is 0 Å². The maximum atomic E-state index is 14.7. The van der Waals surface area contributed by atoms with Gasteiger partial charge in [-0.05, 0) is 0 Å². The number of aromatic nitrogens is 2. The second kappa shape index (κ2) is 5.58. The number of esters is 1. The molecule has 0 bridgehead atoms. The topological polar surface area (TPSA) is 111 Å². The molecular weight excluding hydrogens is 311 g/mol. The van der Waals surface area contributed by atoms with Crippen molar-refractivity contribution in [3.63, 3.8) is 0 Å². The highest BCUT2D eigenvalue weighted by Crippen LogP contribution is 2.45. The Labute approximate surface area is 122 Å². The van der Waals surface area contributed by atoms with E-state index in [2.05, 4.69) is 0 Å². The molecule has 0 spiro atoms. The highest BCUT2D eigenvalue weighted by Gasteiger charge is 2.60. The summed E-state index contributed by atoms with van der Waals surface area (Å²) in [7, 11) is 0. The number of aliphatic hydroxyl groups excluding tert-OH is 1. The summed E-state index contributed by atoms with van der Waals surface area (Å²) >= 11 is 5.73. The molecule has 2 rings (SSSR count). The van der Waals surface area contributed by atoms with Gasteiger partial charge in [0.1, 0.15) is 6.10 Å². The third kappa shape index (κ3) is 2.85. The van der Waals surface area contributed by atoms with Crippen LogP contribution in [0.4, 0.5) is 4.39 Å². The maximum absolute atomic E-state index is 14.7. The van der Waals surface area contributed by atoms with Gasteiger partial charge in [0.05, 0.1) is 6.61 Å². The number of aliphatic hydroxyl groups is 1. The van der Waals surface area contributed by atoms with E-state index in [-0.39, 0.29) is 0 Å². The molecule has 8 nitrogen and oxygen atoms in total. The van der Waals surface area contributed by atoms with E-state index in [9.17, 15) is 23.9 Å². The molecule has 21 heavy (non-hydrogen) atoms. The van der Waals surface area contributed by atoms with E-state index >= 15 is 0 Å². The Morgan fingerprint density at radius 1 is 1.67 bits per heavy atom. The number of carbonyl (C=O) groups excluding carboxylic acids is 1. The Hall–Kier alpha value is -1.71. The highest BCUT2D eigenvalue weighted by atomic mass is 35.5. The molecule has 1 fully saturated rings. The molecule has 0 saturated carbocycles. The van der Waals surface area contributed by atoms with Crippen LogP contribution in [0.1, 0.15) is 13.2 Å². The van der Waals surface area contributed by atoms with Crippen molar-refractivity contribution in [1.29, 1.82) is 0 Å². The molecule has 1 aromatic rings. The average molecular weight is 323 g/mol. The summed E-state index contributed by atoms with van der Waals surface area (Å²) in [4.78, 5) is 35.6. The van der Waals surface area contributed by atoms with Crippen molar-refractivity contribution >= 4 is 17.6 Å². The van der Waals surface area contributed by atoms with Crippen molar-refractivity contribution < 1.29 is 23.8 Å². The number of nitrogens with one attached hydrogen (secondary N) is 1. The van der Waals surface area contributed by atoms with Crippen LogP contribution in [0.5, 0.6) is 0 Å². The van der Waals surface area contributed by atoms with Crippen LogP contribution in [0.2, 0.25) is 0 Å². The van der Waals surface area contributed by atoms with Crippen molar-refractivity contribution in [2.75, 3.05) is 6.61 Å². The van der Waals surface area contributed by atoms with E-state index < -0.39 is 47.4 Å². The Morgan fingerprint density at radius 3 is 2.86 bits per heavy atom. The lowest BCUT2D eigenvalue weighted by Crippen LogP contribution is -2.44. The molecule has 4 atom stereocenters. The molecule has 4 unspecified atom stereocenters. The second-order valence-electron chi connectivity index (χ2n) is 4.43. The van der Waals surface area contributed by atoms with Gasteiger partial charge >= 0.3 is 11.7 Å². The molecule has 1 saturated heterocycles. The summed E-state index contributed by atoms with van der Waals surface area (Å²) in [6.45, 7) is 0.367. The fourth-order valence-corrected chi connectivity index (χ4v) is 2.39. The van der Waals surface area contributed by atoms with Gasteiger partial charge in [0.15, 0.2) is 12.3 Å². The molecule has 0 amide bonds. The van der Waals surface area contributed by atoms with Gasteiger partial charge in [0.2, 0.25) is 0 Å². The molecule has 0 aliphatic carbocycles. The lowest BCUT2D eigenvalue weighted by atomic mass is 10.1. The lowest BCUT2D eigenvalue weighted by Gasteiger charge is -2.24. The van der Waals surface area contributed by atoms with Gasteiger partial charge in [-0.15, -0.1) is 0 Å². The van der Waals surface area contributed by atoms with E-state index in [0.29, 0.717) is 4.57 Å². The SMILES string of the molecule is CC(=O)OC1C(CO)OC(n2ccc(=O)[nH]c2=O)C1(F)Cl. The molecule has 1 aromatic heterocycles. The van der Waals surface area contributed by atoms with Crippen molar-refractivity contribution in [1.82, 2.24) is 9.55 Å². The third-order valence-corrected chi connectivity index (χ3v) is 3.33. The van der Waals surface area contributed by atoms with Crippen LogP contribution in [0, 0.1) is 0 Å². The van der Waals surface area contributed by atoms with Crippen molar-refractivity contribution in [3.05, 3.63) is 33.1 Å². The fourth-order valence-electron chi connectivity index (χ4n) is 2.05. The second-order valence-corrected chi connectivity index (χ2v) is 5.01. The molecule has 116 valence electrons. The maximum Gasteiger partial charge on any atom is 0.330 e. The number of nitrogens with zero attached hydrogens (tertiary/aromatic N) is 1. The number of carbonyl (C=O) groups is 1. The summed E-state index contributed by atoms with van der Waals surface area (Å²) in [5.41, 5.74) is -1.63. The molecule has 10 heteroatoms. The number of rotatable bonds is 3. The van der Waals surface area contributed by atoms with Crippen LogP contribution in [0.3, 0.4) is 0 Å². The summed E-state index contributed by atoms with van der Waals surface area (Å²) < 4.78 is 25.3.